The molecule has 1 aromatic rings. The van der Waals surface area contributed by atoms with Gasteiger partial charge in [-0.3, -0.25) is 0 Å². The van der Waals surface area contributed by atoms with Gasteiger partial charge < -0.3 is 0 Å². The van der Waals surface area contributed by atoms with Crippen LogP contribution in [0, 0.1) is 5.92 Å². The molecule has 1 unspecified atom stereocenters. The van der Waals surface area contributed by atoms with Crippen molar-refractivity contribution in [2.24, 2.45) is 5.92 Å². The lowest BCUT2D eigenvalue weighted by molar-refractivity contribution is 0.768. The summed E-state index contributed by atoms with van der Waals surface area (Å²) in [4.78, 5) is 0. The molecule has 0 amide bonds. The molecule has 0 aliphatic rings. The van der Waals surface area contributed by atoms with Gasteiger partial charge in [0.15, 0.2) is 0 Å². The van der Waals surface area contributed by atoms with E-state index < -0.39 is 0 Å². The Balaban J connectivity index is 2.96. The molecule has 1 rings (SSSR count). The number of hydrogen-bond donors (Lipinski definition) is 0. The molecule has 0 saturated carbocycles. The highest BCUT2D eigenvalue weighted by Gasteiger charge is 2.13. The Morgan fingerprint density at radius 3 is 2.57 bits per heavy atom. The number of halogens is 2. The molecule has 0 saturated heterocycles. The molecule has 0 aromatic heterocycles. The standard InChI is InChI=1S/C19H24BrCl/c1-6-8-14(4)15(5)16-11-18(20)17(19(21)12-16)10-9-13(3)7-2/h6,11-12,14H,1,3,5,7-10H2,2,4H3. The van der Waals surface area contributed by atoms with Crippen molar-refractivity contribution in [3.63, 3.8) is 0 Å². The molecule has 0 aliphatic carbocycles. The largest absolute Gasteiger partial charge is 0.103 e. The van der Waals surface area contributed by atoms with Crippen LogP contribution in [0.2, 0.25) is 5.02 Å². The highest BCUT2D eigenvalue weighted by molar-refractivity contribution is 9.10. The molecule has 0 fully saturated rings. The maximum absolute atomic E-state index is 6.47. The van der Waals surface area contributed by atoms with Crippen LogP contribution in [0.25, 0.3) is 5.57 Å². The first-order valence-corrected chi connectivity index (χ1v) is 8.52. The average molecular weight is 368 g/mol. The Bertz CT molecular complexity index is 519. The summed E-state index contributed by atoms with van der Waals surface area (Å²) in [5, 5.41) is 0.801. The van der Waals surface area contributed by atoms with Crippen molar-refractivity contribution in [1.29, 1.82) is 0 Å². The average Bonchev–Trinajstić information content (AvgIpc) is 2.45. The van der Waals surface area contributed by atoms with E-state index in [9.17, 15) is 0 Å². The van der Waals surface area contributed by atoms with Crippen molar-refractivity contribution in [2.45, 2.75) is 39.5 Å². The fourth-order valence-corrected chi connectivity index (χ4v) is 3.27. The highest BCUT2D eigenvalue weighted by atomic mass is 79.9. The molecule has 2 heteroatoms. The fraction of sp³-hybridized carbons (Fsp3) is 0.368. The van der Waals surface area contributed by atoms with E-state index >= 15 is 0 Å². The van der Waals surface area contributed by atoms with Gasteiger partial charge in [-0.25, -0.2) is 0 Å². The maximum Gasteiger partial charge on any atom is 0.0455 e. The molecule has 0 radical (unpaired) electrons. The third kappa shape index (κ3) is 5.16. The van der Waals surface area contributed by atoms with Gasteiger partial charge in [-0.1, -0.05) is 66.2 Å². The predicted molar refractivity (Wildman–Crippen MR) is 99.9 cm³/mol. The van der Waals surface area contributed by atoms with E-state index in [-0.39, 0.29) is 0 Å². The topological polar surface area (TPSA) is 0 Å². The van der Waals surface area contributed by atoms with Crippen molar-refractivity contribution >= 4 is 33.1 Å². The zero-order valence-corrected chi connectivity index (χ0v) is 15.4. The molecule has 0 nitrogen and oxygen atoms in total. The third-order valence-corrected chi connectivity index (χ3v) is 4.90. The van der Waals surface area contributed by atoms with Crippen LogP contribution < -0.4 is 0 Å². The molecule has 21 heavy (non-hydrogen) atoms. The predicted octanol–water partition coefficient (Wildman–Crippen LogP) is 7.23. The highest BCUT2D eigenvalue weighted by Crippen LogP contribution is 2.34. The van der Waals surface area contributed by atoms with Crippen molar-refractivity contribution in [3.05, 3.63) is 64.1 Å². The van der Waals surface area contributed by atoms with Crippen molar-refractivity contribution in [2.75, 3.05) is 0 Å². The molecule has 0 spiro atoms. The first kappa shape index (κ1) is 18.3. The summed E-state index contributed by atoms with van der Waals surface area (Å²) in [7, 11) is 0. The molecule has 1 aromatic carbocycles. The Labute approximate surface area is 142 Å². The quantitative estimate of drug-likeness (QED) is 0.425. The maximum atomic E-state index is 6.47. The summed E-state index contributed by atoms with van der Waals surface area (Å²) in [6, 6.07) is 4.15. The molecule has 0 N–H and O–H groups in total. The van der Waals surface area contributed by atoms with Gasteiger partial charge in [0.1, 0.15) is 0 Å². The second-order valence-corrected chi connectivity index (χ2v) is 6.73. The van der Waals surface area contributed by atoms with Gasteiger partial charge in [-0.15, -0.1) is 6.58 Å². The van der Waals surface area contributed by atoms with Crippen molar-refractivity contribution in [3.8, 4) is 0 Å². The van der Waals surface area contributed by atoms with Gasteiger partial charge >= 0.3 is 0 Å². The van der Waals surface area contributed by atoms with E-state index in [1.54, 1.807) is 0 Å². The zero-order chi connectivity index (χ0) is 16.0. The molecule has 1 atom stereocenters. The van der Waals surface area contributed by atoms with Crippen LogP contribution in [-0.4, -0.2) is 0 Å². The summed E-state index contributed by atoms with van der Waals surface area (Å²) in [6.07, 6.45) is 5.76. The number of hydrogen-bond acceptors (Lipinski definition) is 0. The Morgan fingerprint density at radius 1 is 1.38 bits per heavy atom. The first-order valence-electron chi connectivity index (χ1n) is 7.35. The van der Waals surface area contributed by atoms with E-state index in [0.29, 0.717) is 5.92 Å². The normalized spacial score (nSPS) is 12.0. The van der Waals surface area contributed by atoms with Crippen LogP contribution in [-0.2, 0) is 6.42 Å². The zero-order valence-electron chi connectivity index (χ0n) is 13.0. The minimum Gasteiger partial charge on any atom is -0.103 e. The third-order valence-electron chi connectivity index (χ3n) is 3.86. The van der Waals surface area contributed by atoms with Crippen LogP contribution in [0.5, 0.6) is 0 Å². The molecule has 0 heterocycles. The van der Waals surface area contributed by atoms with E-state index in [0.717, 1.165) is 51.9 Å². The van der Waals surface area contributed by atoms with E-state index in [4.69, 9.17) is 11.6 Å². The fourth-order valence-electron chi connectivity index (χ4n) is 2.18. The smallest absolute Gasteiger partial charge is 0.0455 e. The summed E-state index contributed by atoms with van der Waals surface area (Å²) in [5.41, 5.74) is 4.60. The summed E-state index contributed by atoms with van der Waals surface area (Å²) in [6.45, 7) is 16.3. The van der Waals surface area contributed by atoms with Gasteiger partial charge in [0.2, 0.25) is 0 Å². The summed E-state index contributed by atoms with van der Waals surface area (Å²) < 4.78 is 1.06. The Morgan fingerprint density at radius 2 is 2.05 bits per heavy atom. The van der Waals surface area contributed by atoms with Crippen molar-refractivity contribution in [1.82, 2.24) is 0 Å². The van der Waals surface area contributed by atoms with E-state index in [1.165, 1.54) is 5.57 Å². The van der Waals surface area contributed by atoms with E-state index in [1.807, 2.05) is 12.1 Å². The monoisotopic (exact) mass is 366 g/mol. The van der Waals surface area contributed by atoms with Crippen molar-refractivity contribution < 1.29 is 0 Å². The van der Waals surface area contributed by atoms with Gasteiger partial charge in [0, 0.05) is 9.50 Å². The Hall–Kier alpha value is -0.790. The van der Waals surface area contributed by atoms with Gasteiger partial charge in [-0.2, -0.15) is 0 Å². The van der Waals surface area contributed by atoms with Crippen LogP contribution in [0.15, 0.2) is 48.0 Å². The number of allylic oxidation sites excluding steroid dienone is 3. The lowest BCUT2D eigenvalue weighted by atomic mass is 9.92. The van der Waals surface area contributed by atoms with Gasteiger partial charge in [0.25, 0.3) is 0 Å². The first-order chi connectivity index (χ1) is 9.90. The van der Waals surface area contributed by atoms with E-state index in [2.05, 4.69) is 55.6 Å². The van der Waals surface area contributed by atoms with Crippen LogP contribution in [0.4, 0.5) is 0 Å². The molecular formula is C19H24BrCl. The molecule has 0 bridgehead atoms. The lowest BCUT2D eigenvalue weighted by Crippen LogP contribution is -1.98. The van der Waals surface area contributed by atoms with Gasteiger partial charge in [0.05, 0.1) is 0 Å². The molecular weight excluding hydrogens is 344 g/mol. The number of rotatable bonds is 8. The lowest BCUT2D eigenvalue weighted by Gasteiger charge is -2.16. The Kier molecular flexibility index (Phi) is 7.48. The number of benzene rings is 1. The minimum absolute atomic E-state index is 0.371. The van der Waals surface area contributed by atoms with Crippen LogP contribution in [0.3, 0.4) is 0 Å². The molecule has 0 aliphatic heterocycles. The summed E-state index contributed by atoms with van der Waals surface area (Å²) >= 11 is 10.1. The van der Waals surface area contributed by atoms with Crippen LogP contribution >= 0.6 is 27.5 Å². The SMILES string of the molecule is C=CCC(C)C(=C)c1cc(Cl)c(CCC(=C)CC)c(Br)c1. The summed E-state index contributed by atoms with van der Waals surface area (Å²) in [5.74, 6) is 0.371. The van der Waals surface area contributed by atoms with Gasteiger partial charge in [-0.05, 0) is 60.4 Å². The van der Waals surface area contributed by atoms with Crippen LogP contribution in [0.1, 0.15) is 44.2 Å². The second kappa shape index (κ2) is 8.60. The second-order valence-electron chi connectivity index (χ2n) is 5.47. The molecule has 114 valence electrons. The minimum atomic E-state index is 0.371.